The fourth-order valence-electron chi connectivity index (χ4n) is 1.86. The number of ether oxygens (including phenoxy) is 1. The zero-order valence-electron chi connectivity index (χ0n) is 12.5. The Morgan fingerprint density at radius 3 is 2.82 bits per heavy atom. The van der Waals surface area contributed by atoms with E-state index in [1.807, 2.05) is 25.1 Å². The van der Waals surface area contributed by atoms with Crippen LogP contribution in [0.25, 0.3) is 0 Å². The average Bonchev–Trinajstić information content (AvgIpc) is 2.91. The number of carbonyl (C=O) groups is 1. The third kappa shape index (κ3) is 4.60. The van der Waals surface area contributed by atoms with E-state index in [-0.39, 0.29) is 5.97 Å². The van der Waals surface area contributed by atoms with Gasteiger partial charge in [-0.3, -0.25) is 0 Å². The molecule has 1 aromatic carbocycles. The Morgan fingerprint density at radius 2 is 2.14 bits per heavy atom. The smallest absolute Gasteiger partial charge is 0.338 e. The Kier molecular flexibility index (Phi) is 5.55. The molecule has 0 aliphatic rings. The maximum Gasteiger partial charge on any atom is 0.338 e. The number of carbonyl (C=O) groups excluding carboxylic acids is 1. The van der Waals surface area contributed by atoms with Gasteiger partial charge in [-0.1, -0.05) is 6.07 Å². The van der Waals surface area contributed by atoms with Gasteiger partial charge in [0.05, 0.1) is 18.7 Å². The Balaban J connectivity index is 1.91. The Hall–Kier alpha value is -2.34. The third-order valence-corrected chi connectivity index (χ3v) is 3.10. The minimum atomic E-state index is -0.351. The second-order valence-corrected chi connectivity index (χ2v) is 5.03. The molecule has 6 heteroatoms. The molecular weight excluding hydrogens is 300 g/mol. The average molecular weight is 318 g/mol. The third-order valence-electron chi connectivity index (χ3n) is 2.85. The molecule has 0 spiro atoms. The van der Waals surface area contributed by atoms with Gasteiger partial charge in [-0.25, -0.2) is 4.79 Å². The van der Waals surface area contributed by atoms with E-state index in [9.17, 15) is 4.79 Å². The quantitative estimate of drug-likeness (QED) is 0.652. The molecule has 116 valence electrons. The van der Waals surface area contributed by atoms with Crippen LogP contribution in [-0.2, 0) is 11.3 Å². The molecule has 0 fully saturated rings. The highest BCUT2D eigenvalue weighted by Gasteiger charge is 2.07. The van der Waals surface area contributed by atoms with E-state index < -0.39 is 0 Å². The maximum atomic E-state index is 11.7. The van der Waals surface area contributed by atoms with Crippen LogP contribution >= 0.6 is 12.2 Å². The van der Waals surface area contributed by atoms with E-state index in [0.717, 1.165) is 17.2 Å². The normalized spacial score (nSPS) is 10.1. The number of furan rings is 1. The van der Waals surface area contributed by atoms with Crippen LogP contribution in [0, 0.1) is 6.92 Å². The number of thiocarbonyl (C=S) groups is 1. The summed E-state index contributed by atoms with van der Waals surface area (Å²) in [6.07, 6.45) is 0. The van der Waals surface area contributed by atoms with Crippen LogP contribution < -0.4 is 10.6 Å². The van der Waals surface area contributed by atoms with Gasteiger partial charge in [-0.15, -0.1) is 0 Å². The molecule has 2 aromatic rings. The van der Waals surface area contributed by atoms with E-state index in [1.165, 1.54) is 0 Å². The van der Waals surface area contributed by atoms with Crippen molar-refractivity contribution in [3.8, 4) is 0 Å². The van der Waals surface area contributed by atoms with E-state index in [1.54, 1.807) is 25.1 Å². The Morgan fingerprint density at radius 1 is 1.32 bits per heavy atom. The molecule has 0 radical (unpaired) electrons. The number of aryl methyl sites for hydroxylation is 1. The zero-order valence-corrected chi connectivity index (χ0v) is 13.3. The molecule has 1 aromatic heterocycles. The van der Waals surface area contributed by atoms with Crippen LogP contribution in [0.5, 0.6) is 0 Å². The summed E-state index contributed by atoms with van der Waals surface area (Å²) in [5, 5.41) is 6.53. The second kappa shape index (κ2) is 7.61. The molecule has 0 unspecified atom stereocenters. The van der Waals surface area contributed by atoms with E-state index in [2.05, 4.69) is 10.6 Å². The number of anilines is 1. The standard InChI is InChI=1S/C16H18N2O3S/c1-3-20-15(19)12-5-4-6-13(9-12)18-16(22)17-10-14-8-7-11(2)21-14/h4-9H,3,10H2,1-2H3,(H2,17,18,22). The Labute approximate surface area is 134 Å². The number of nitrogens with one attached hydrogen (secondary N) is 2. The molecule has 5 nitrogen and oxygen atoms in total. The van der Waals surface area contributed by atoms with Crippen molar-refractivity contribution in [2.24, 2.45) is 0 Å². The summed E-state index contributed by atoms with van der Waals surface area (Å²) in [5.74, 6) is 1.32. The van der Waals surface area contributed by atoms with Gasteiger partial charge >= 0.3 is 5.97 Å². The monoisotopic (exact) mass is 318 g/mol. The first-order valence-electron chi connectivity index (χ1n) is 6.96. The summed E-state index contributed by atoms with van der Waals surface area (Å²) in [5.41, 5.74) is 1.20. The SMILES string of the molecule is CCOC(=O)c1cccc(NC(=S)NCc2ccc(C)o2)c1. The molecule has 0 aliphatic carbocycles. The van der Waals surface area contributed by atoms with Crippen molar-refractivity contribution in [1.82, 2.24) is 5.32 Å². The highest BCUT2D eigenvalue weighted by molar-refractivity contribution is 7.80. The van der Waals surface area contributed by atoms with Gasteiger partial charge in [0.15, 0.2) is 5.11 Å². The first-order valence-corrected chi connectivity index (χ1v) is 7.36. The van der Waals surface area contributed by atoms with Crippen LogP contribution in [0.4, 0.5) is 5.69 Å². The summed E-state index contributed by atoms with van der Waals surface area (Å²) < 4.78 is 10.4. The predicted octanol–water partition coefficient (Wildman–Crippen LogP) is 3.25. The lowest BCUT2D eigenvalue weighted by atomic mass is 10.2. The molecule has 0 saturated heterocycles. The van der Waals surface area contributed by atoms with Crippen LogP contribution in [0.3, 0.4) is 0 Å². The maximum absolute atomic E-state index is 11.7. The van der Waals surface area contributed by atoms with Crippen LogP contribution in [0.1, 0.15) is 28.8 Å². The number of hydrogen-bond donors (Lipinski definition) is 2. The van der Waals surface area contributed by atoms with Crippen LogP contribution in [0.15, 0.2) is 40.8 Å². The summed E-state index contributed by atoms with van der Waals surface area (Å²) in [6.45, 7) is 4.51. The van der Waals surface area contributed by atoms with Gasteiger partial charge in [0.1, 0.15) is 11.5 Å². The molecular formula is C16H18N2O3S. The zero-order chi connectivity index (χ0) is 15.9. The topological polar surface area (TPSA) is 63.5 Å². The lowest BCUT2D eigenvalue weighted by molar-refractivity contribution is 0.0526. The highest BCUT2D eigenvalue weighted by atomic mass is 32.1. The molecule has 0 amide bonds. The van der Waals surface area contributed by atoms with Crippen molar-refractivity contribution in [3.05, 3.63) is 53.5 Å². The first kappa shape index (κ1) is 16.0. The highest BCUT2D eigenvalue weighted by Crippen LogP contribution is 2.12. The van der Waals surface area contributed by atoms with Gasteiger partial charge in [0.2, 0.25) is 0 Å². The van der Waals surface area contributed by atoms with Gasteiger partial charge in [0.25, 0.3) is 0 Å². The number of hydrogen-bond acceptors (Lipinski definition) is 4. The lowest BCUT2D eigenvalue weighted by Crippen LogP contribution is -2.27. The van der Waals surface area contributed by atoms with Crippen molar-refractivity contribution in [1.29, 1.82) is 0 Å². The molecule has 2 N–H and O–H groups in total. The van der Waals surface area contributed by atoms with E-state index in [0.29, 0.717) is 23.8 Å². The molecule has 2 rings (SSSR count). The second-order valence-electron chi connectivity index (χ2n) is 4.62. The summed E-state index contributed by atoms with van der Waals surface area (Å²) in [6, 6.07) is 10.8. The molecule has 0 bridgehead atoms. The number of benzene rings is 1. The minimum absolute atomic E-state index is 0.346. The van der Waals surface area contributed by atoms with Crippen LogP contribution in [-0.4, -0.2) is 17.7 Å². The van der Waals surface area contributed by atoms with Crippen molar-refractivity contribution >= 4 is 29.0 Å². The van der Waals surface area contributed by atoms with Gasteiger partial charge in [-0.05, 0) is 56.4 Å². The predicted molar refractivity (Wildman–Crippen MR) is 88.9 cm³/mol. The molecule has 1 heterocycles. The lowest BCUT2D eigenvalue weighted by Gasteiger charge is -2.10. The van der Waals surface area contributed by atoms with Gasteiger partial charge in [-0.2, -0.15) is 0 Å². The largest absolute Gasteiger partial charge is 0.465 e. The Bertz CT molecular complexity index is 667. The number of rotatable bonds is 5. The summed E-state index contributed by atoms with van der Waals surface area (Å²) in [4.78, 5) is 11.7. The number of esters is 1. The summed E-state index contributed by atoms with van der Waals surface area (Å²) >= 11 is 5.22. The van der Waals surface area contributed by atoms with Gasteiger partial charge < -0.3 is 19.8 Å². The molecule has 0 saturated carbocycles. The van der Waals surface area contributed by atoms with Gasteiger partial charge in [0, 0.05) is 5.69 Å². The van der Waals surface area contributed by atoms with E-state index >= 15 is 0 Å². The van der Waals surface area contributed by atoms with Crippen molar-refractivity contribution < 1.29 is 13.9 Å². The minimum Gasteiger partial charge on any atom is -0.465 e. The van der Waals surface area contributed by atoms with Crippen molar-refractivity contribution in [3.63, 3.8) is 0 Å². The molecule has 0 atom stereocenters. The van der Waals surface area contributed by atoms with Crippen molar-refractivity contribution in [2.75, 3.05) is 11.9 Å². The first-order chi connectivity index (χ1) is 10.6. The van der Waals surface area contributed by atoms with Crippen molar-refractivity contribution in [2.45, 2.75) is 20.4 Å². The van der Waals surface area contributed by atoms with E-state index in [4.69, 9.17) is 21.4 Å². The molecule has 22 heavy (non-hydrogen) atoms. The fraction of sp³-hybridized carbons (Fsp3) is 0.250. The van der Waals surface area contributed by atoms with Crippen LogP contribution in [0.2, 0.25) is 0 Å². The fourth-order valence-corrected chi connectivity index (χ4v) is 2.05. The summed E-state index contributed by atoms with van der Waals surface area (Å²) in [7, 11) is 0. The molecule has 0 aliphatic heterocycles.